The minimum absolute atomic E-state index is 0.0712. The van der Waals surface area contributed by atoms with Crippen molar-refractivity contribution >= 4 is 0 Å². The fraction of sp³-hybridized carbons (Fsp3) is 0.250. The fourth-order valence-electron chi connectivity index (χ4n) is 2.53. The Kier molecular flexibility index (Phi) is 3.24. The van der Waals surface area contributed by atoms with Crippen molar-refractivity contribution in [3.8, 4) is 17.2 Å². The lowest BCUT2D eigenvalue weighted by molar-refractivity contribution is 0.0299. The van der Waals surface area contributed by atoms with Crippen molar-refractivity contribution < 1.29 is 19.7 Å². The Morgan fingerprint density at radius 2 is 1.75 bits per heavy atom. The molecule has 2 aromatic rings. The van der Waals surface area contributed by atoms with E-state index < -0.39 is 0 Å². The van der Waals surface area contributed by atoms with Crippen LogP contribution in [0.3, 0.4) is 0 Å². The summed E-state index contributed by atoms with van der Waals surface area (Å²) in [7, 11) is 1.67. The number of hydrogen-bond acceptors (Lipinski definition) is 4. The quantitative estimate of drug-likeness (QED) is 0.880. The van der Waals surface area contributed by atoms with E-state index in [0.717, 1.165) is 11.1 Å². The van der Waals surface area contributed by atoms with Crippen LogP contribution in [0.25, 0.3) is 0 Å². The Labute approximate surface area is 117 Å². The van der Waals surface area contributed by atoms with Gasteiger partial charge in [0.15, 0.2) is 0 Å². The zero-order valence-corrected chi connectivity index (χ0v) is 11.1. The molecule has 0 saturated heterocycles. The van der Waals surface area contributed by atoms with E-state index in [9.17, 15) is 10.2 Å². The highest BCUT2D eigenvalue weighted by Gasteiger charge is 2.29. The molecule has 1 aliphatic heterocycles. The van der Waals surface area contributed by atoms with Crippen LogP contribution < -0.4 is 4.74 Å². The summed E-state index contributed by atoms with van der Waals surface area (Å²) < 4.78 is 11.5. The number of rotatable bonds is 2. The number of ether oxygens (including phenoxy) is 2. The van der Waals surface area contributed by atoms with Crippen molar-refractivity contribution in [2.24, 2.45) is 0 Å². The molecule has 0 saturated carbocycles. The molecule has 0 fully saturated rings. The van der Waals surface area contributed by atoms with Gasteiger partial charge in [0.2, 0.25) is 0 Å². The molecule has 0 bridgehead atoms. The number of phenols is 2. The van der Waals surface area contributed by atoms with E-state index in [4.69, 9.17) is 9.47 Å². The summed E-state index contributed by atoms with van der Waals surface area (Å²) in [6.45, 7) is 0. The Morgan fingerprint density at radius 1 is 1.05 bits per heavy atom. The third-order valence-electron chi connectivity index (χ3n) is 3.59. The van der Waals surface area contributed by atoms with E-state index in [1.54, 1.807) is 31.4 Å². The van der Waals surface area contributed by atoms with Crippen molar-refractivity contribution in [2.45, 2.75) is 18.6 Å². The molecule has 0 unspecified atom stereocenters. The van der Waals surface area contributed by atoms with Gasteiger partial charge in [-0.05, 0) is 29.8 Å². The number of methoxy groups -OCH3 is 1. The molecule has 2 N–H and O–H groups in total. The van der Waals surface area contributed by atoms with Crippen molar-refractivity contribution in [3.63, 3.8) is 0 Å². The SMILES string of the molecule is CO[C@@H]1C[C@H](c2ccc(O)cc2)Oc2cc(O)ccc21. The fourth-order valence-corrected chi connectivity index (χ4v) is 2.53. The standard InChI is InChI=1S/C16H16O4/c1-19-15-9-14(10-2-4-11(17)5-3-10)20-16-8-12(18)6-7-13(15)16/h2-8,14-15,17-18H,9H2,1H3/t14-,15-/m1/s1. The van der Waals surface area contributed by atoms with Crippen molar-refractivity contribution in [1.82, 2.24) is 0 Å². The van der Waals surface area contributed by atoms with Gasteiger partial charge in [0.05, 0.1) is 6.10 Å². The highest BCUT2D eigenvalue weighted by atomic mass is 16.5. The minimum atomic E-state index is -0.158. The predicted octanol–water partition coefficient (Wildman–Crippen LogP) is 3.31. The molecule has 0 amide bonds. The Balaban J connectivity index is 1.95. The highest BCUT2D eigenvalue weighted by molar-refractivity contribution is 5.44. The van der Waals surface area contributed by atoms with Crippen LogP contribution in [0.1, 0.15) is 29.8 Å². The third kappa shape index (κ3) is 2.30. The average molecular weight is 272 g/mol. The maximum atomic E-state index is 9.59. The lowest BCUT2D eigenvalue weighted by Crippen LogP contribution is -2.20. The molecule has 104 valence electrons. The minimum Gasteiger partial charge on any atom is -0.508 e. The molecule has 0 radical (unpaired) electrons. The normalized spacial score (nSPS) is 21.1. The van der Waals surface area contributed by atoms with Crippen LogP contribution in [0.4, 0.5) is 0 Å². The van der Waals surface area contributed by atoms with Crippen LogP contribution in [0.5, 0.6) is 17.2 Å². The Bertz CT molecular complexity index is 606. The van der Waals surface area contributed by atoms with Crippen molar-refractivity contribution in [2.75, 3.05) is 7.11 Å². The molecule has 0 aromatic heterocycles. The molecular formula is C16H16O4. The van der Waals surface area contributed by atoms with Gasteiger partial charge in [0, 0.05) is 25.2 Å². The number of benzene rings is 2. The largest absolute Gasteiger partial charge is 0.508 e. The summed E-state index contributed by atoms with van der Waals surface area (Å²) in [5.74, 6) is 1.04. The van der Waals surface area contributed by atoms with E-state index in [0.29, 0.717) is 12.2 Å². The van der Waals surface area contributed by atoms with Gasteiger partial charge in [-0.25, -0.2) is 0 Å². The average Bonchev–Trinajstić information content (AvgIpc) is 2.46. The summed E-state index contributed by atoms with van der Waals surface area (Å²) >= 11 is 0. The first-order chi connectivity index (χ1) is 9.67. The zero-order valence-electron chi connectivity index (χ0n) is 11.1. The van der Waals surface area contributed by atoms with Crippen LogP contribution >= 0.6 is 0 Å². The molecule has 2 atom stereocenters. The summed E-state index contributed by atoms with van der Waals surface area (Å²) in [6.07, 6.45) is 0.465. The maximum absolute atomic E-state index is 9.59. The first-order valence-electron chi connectivity index (χ1n) is 6.48. The molecule has 1 aliphatic rings. The smallest absolute Gasteiger partial charge is 0.129 e. The number of aromatic hydroxyl groups is 2. The first-order valence-corrected chi connectivity index (χ1v) is 6.48. The second kappa shape index (κ2) is 5.06. The van der Waals surface area contributed by atoms with Crippen molar-refractivity contribution in [3.05, 3.63) is 53.6 Å². The molecule has 4 heteroatoms. The van der Waals surface area contributed by atoms with Gasteiger partial charge < -0.3 is 19.7 Å². The summed E-state index contributed by atoms with van der Waals surface area (Å²) in [6, 6.07) is 12.0. The van der Waals surface area contributed by atoms with Gasteiger partial charge in [0.25, 0.3) is 0 Å². The lowest BCUT2D eigenvalue weighted by Gasteiger charge is -2.31. The summed E-state index contributed by atoms with van der Waals surface area (Å²) in [4.78, 5) is 0. The van der Waals surface area contributed by atoms with E-state index in [1.165, 1.54) is 0 Å². The van der Waals surface area contributed by atoms with E-state index in [2.05, 4.69) is 0 Å². The third-order valence-corrected chi connectivity index (χ3v) is 3.59. The molecule has 4 nitrogen and oxygen atoms in total. The van der Waals surface area contributed by atoms with Crippen LogP contribution in [-0.4, -0.2) is 17.3 Å². The predicted molar refractivity (Wildman–Crippen MR) is 73.9 cm³/mol. The maximum Gasteiger partial charge on any atom is 0.129 e. The van der Waals surface area contributed by atoms with Gasteiger partial charge in [-0.3, -0.25) is 0 Å². The highest BCUT2D eigenvalue weighted by Crippen LogP contribution is 2.43. The molecule has 20 heavy (non-hydrogen) atoms. The number of phenolic OH excluding ortho intramolecular Hbond substituents is 2. The summed E-state index contributed by atoms with van der Waals surface area (Å²) in [5.41, 5.74) is 1.92. The van der Waals surface area contributed by atoms with Crippen LogP contribution in [0.15, 0.2) is 42.5 Å². The molecular weight excluding hydrogens is 256 g/mol. The Morgan fingerprint density at radius 3 is 2.45 bits per heavy atom. The monoisotopic (exact) mass is 272 g/mol. The van der Waals surface area contributed by atoms with E-state index in [1.807, 2.05) is 18.2 Å². The summed E-state index contributed by atoms with van der Waals surface area (Å²) in [5, 5.41) is 18.9. The van der Waals surface area contributed by atoms with E-state index >= 15 is 0 Å². The molecule has 1 heterocycles. The van der Waals surface area contributed by atoms with E-state index in [-0.39, 0.29) is 23.7 Å². The first kappa shape index (κ1) is 12.8. The van der Waals surface area contributed by atoms with Gasteiger partial charge >= 0.3 is 0 Å². The van der Waals surface area contributed by atoms with Crippen LogP contribution in [-0.2, 0) is 4.74 Å². The van der Waals surface area contributed by atoms with Crippen LogP contribution in [0.2, 0.25) is 0 Å². The number of fused-ring (bicyclic) bond motifs is 1. The van der Waals surface area contributed by atoms with Crippen LogP contribution in [0, 0.1) is 0 Å². The molecule has 2 aromatic carbocycles. The van der Waals surface area contributed by atoms with Crippen molar-refractivity contribution in [1.29, 1.82) is 0 Å². The van der Waals surface area contributed by atoms with Gasteiger partial charge in [-0.15, -0.1) is 0 Å². The molecule has 3 rings (SSSR count). The molecule has 0 aliphatic carbocycles. The second-order valence-corrected chi connectivity index (χ2v) is 4.88. The second-order valence-electron chi connectivity index (χ2n) is 4.88. The Hall–Kier alpha value is -2.20. The van der Waals surface area contributed by atoms with Gasteiger partial charge in [0.1, 0.15) is 23.4 Å². The topological polar surface area (TPSA) is 58.9 Å². The van der Waals surface area contributed by atoms with Gasteiger partial charge in [-0.1, -0.05) is 12.1 Å². The van der Waals surface area contributed by atoms with Gasteiger partial charge in [-0.2, -0.15) is 0 Å². The number of hydrogen-bond donors (Lipinski definition) is 2. The zero-order chi connectivity index (χ0) is 14.1. The lowest BCUT2D eigenvalue weighted by atomic mass is 9.94. The molecule has 0 spiro atoms.